The van der Waals surface area contributed by atoms with Crippen LogP contribution in [0.25, 0.3) is 0 Å². The van der Waals surface area contributed by atoms with E-state index in [-0.39, 0.29) is 5.92 Å². The fourth-order valence-corrected chi connectivity index (χ4v) is 3.17. The number of aryl methyl sites for hydroxylation is 1. The molecule has 6 nitrogen and oxygen atoms in total. The highest BCUT2D eigenvalue weighted by Crippen LogP contribution is 2.42. The van der Waals surface area contributed by atoms with Gasteiger partial charge < -0.3 is 20.1 Å². The number of benzene rings is 1. The minimum absolute atomic E-state index is 0.192. The molecule has 1 aromatic carbocycles. The largest absolute Gasteiger partial charge is 0.497 e. The van der Waals surface area contributed by atoms with Crippen LogP contribution in [0.15, 0.2) is 24.3 Å². The Morgan fingerprint density at radius 1 is 1.24 bits per heavy atom. The first-order valence-corrected chi connectivity index (χ1v) is 9.64. The molecular formula is C19H23F3N4O2S. The number of halogens is 3. The number of anilines is 1. The first kappa shape index (κ1) is 21.2. The van der Waals surface area contributed by atoms with Crippen molar-refractivity contribution >= 4 is 23.0 Å². The third kappa shape index (κ3) is 5.53. The van der Waals surface area contributed by atoms with Crippen LogP contribution >= 0.6 is 12.2 Å². The lowest BCUT2D eigenvalue weighted by Gasteiger charge is -2.14. The van der Waals surface area contributed by atoms with Crippen molar-refractivity contribution in [2.45, 2.75) is 37.9 Å². The molecular weight excluding hydrogens is 405 g/mol. The first-order chi connectivity index (χ1) is 13.8. The van der Waals surface area contributed by atoms with Crippen LogP contribution in [-0.4, -0.2) is 35.7 Å². The molecule has 0 aliphatic heterocycles. The molecule has 1 aliphatic rings. The Labute approximate surface area is 172 Å². The molecule has 1 fully saturated rings. The zero-order chi connectivity index (χ0) is 21.0. The molecule has 1 saturated carbocycles. The number of aromatic nitrogens is 2. The first-order valence-electron chi connectivity index (χ1n) is 9.23. The second kappa shape index (κ2) is 8.89. The summed E-state index contributed by atoms with van der Waals surface area (Å²) in [5.74, 6) is 1.44. The van der Waals surface area contributed by atoms with Gasteiger partial charge >= 0.3 is 6.18 Å². The van der Waals surface area contributed by atoms with E-state index in [1.807, 2.05) is 0 Å². The number of nitrogens with one attached hydrogen (secondary N) is 2. The molecule has 1 heterocycles. The van der Waals surface area contributed by atoms with Gasteiger partial charge in [-0.25, -0.2) is 0 Å². The van der Waals surface area contributed by atoms with Crippen molar-refractivity contribution in [1.29, 1.82) is 0 Å². The molecule has 0 atom stereocenters. The lowest BCUT2D eigenvalue weighted by Crippen LogP contribution is -2.30. The van der Waals surface area contributed by atoms with Crippen LogP contribution in [0.2, 0.25) is 0 Å². The Kier molecular flexibility index (Phi) is 6.51. The molecule has 1 aromatic heterocycles. The van der Waals surface area contributed by atoms with Crippen LogP contribution in [-0.2, 0) is 12.7 Å². The van der Waals surface area contributed by atoms with E-state index in [2.05, 4.69) is 15.7 Å². The van der Waals surface area contributed by atoms with Crippen LogP contribution in [0.1, 0.15) is 36.6 Å². The molecule has 0 saturated heterocycles. The number of ether oxygens (including phenoxy) is 2. The van der Waals surface area contributed by atoms with Crippen LogP contribution in [0.5, 0.6) is 11.5 Å². The van der Waals surface area contributed by atoms with E-state index in [9.17, 15) is 13.2 Å². The van der Waals surface area contributed by atoms with Crippen LogP contribution in [0, 0.1) is 0 Å². The van der Waals surface area contributed by atoms with Crippen molar-refractivity contribution in [2.24, 2.45) is 0 Å². The second-order valence-electron chi connectivity index (χ2n) is 6.75. The maximum atomic E-state index is 12.9. The molecule has 158 valence electrons. The number of thiocarbonyl (C=S) groups is 1. The molecule has 0 bridgehead atoms. The van der Waals surface area contributed by atoms with Gasteiger partial charge in [0.25, 0.3) is 0 Å². The summed E-state index contributed by atoms with van der Waals surface area (Å²) in [4.78, 5) is 0. The average Bonchev–Trinajstić information content (AvgIpc) is 3.43. The summed E-state index contributed by atoms with van der Waals surface area (Å²) in [5.41, 5.74) is 0.529. The topological polar surface area (TPSA) is 60.3 Å². The van der Waals surface area contributed by atoms with Crippen LogP contribution in [0.3, 0.4) is 0 Å². The van der Waals surface area contributed by atoms with Crippen LogP contribution in [0.4, 0.5) is 18.9 Å². The highest BCUT2D eigenvalue weighted by atomic mass is 32.1. The summed E-state index contributed by atoms with van der Waals surface area (Å²) in [7, 11) is 3.12. The Hall–Kier alpha value is -2.49. The average molecular weight is 428 g/mol. The van der Waals surface area contributed by atoms with Gasteiger partial charge in [-0.15, -0.1) is 0 Å². The van der Waals surface area contributed by atoms with Crippen molar-refractivity contribution in [3.05, 3.63) is 35.7 Å². The van der Waals surface area contributed by atoms with Gasteiger partial charge in [0.15, 0.2) is 10.8 Å². The zero-order valence-corrected chi connectivity index (χ0v) is 17.0. The van der Waals surface area contributed by atoms with E-state index in [4.69, 9.17) is 21.7 Å². The molecule has 0 unspecified atom stereocenters. The highest BCUT2D eigenvalue weighted by molar-refractivity contribution is 7.80. The molecule has 0 amide bonds. The molecule has 1 aliphatic carbocycles. The number of alkyl halides is 3. The van der Waals surface area contributed by atoms with Gasteiger partial charge in [-0.2, -0.15) is 18.3 Å². The zero-order valence-electron chi connectivity index (χ0n) is 16.2. The Morgan fingerprint density at radius 2 is 2.00 bits per heavy atom. The normalized spacial score (nSPS) is 13.8. The van der Waals surface area contributed by atoms with Gasteiger partial charge in [0.1, 0.15) is 11.5 Å². The predicted molar refractivity (Wildman–Crippen MR) is 108 cm³/mol. The molecule has 3 rings (SSSR count). The summed E-state index contributed by atoms with van der Waals surface area (Å²) in [6.07, 6.45) is -2.01. The summed E-state index contributed by atoms with van der Waals surface area (Å²) in [5, 5.41) is 10.2. The van der Waals surface area contributed by atoms with Gasteiger partial charge in [-0.3, -0.25) is 4.68 Å². The minimum atomic E-state index is -4.42. The van der Waals surface area contributed by atoms with E-state index in [0.29, 0.717) is 47.5 Å². The summed E-state index contributed by atoms with van der Waals surface area (Å²) < 4.78 is 50.8. The van der Waals surface area contributed by atoms with Gasteiger partial charge in [0, 0.05) is 30.8 Å². The molecule has 10 heteroatoms. The fourth-order valence-electron chi connectivity index (χ4n) is 2.96. The van der Waals surface area contributed by atoms with Crippen molar-refractivity contribution in [2.75, 3.05) is 26.1 Å². The molecule has 0 spiro atoms. The third-order valence-electron chi connectivity index (χ3n) is 4.59. The van der Waals surface area contributed by atoms with E-state index in [0.717, 1.165) is 12.8 Å². The summed E-state index contributed by atoms with van der Waals surface area (Å²) in [6, 6.07) is 6.48. The van der Waals surface area contributed by atoms with Gasteiger partial charge in [0.2, 0.25) is 0 Å². The third-order valence-corrected chi connectivity index (χ3v) is 4.83. The van der Waals surface area contributed by atoms with Gasteiger partial charge in [0.05, 0.1) is 19.9 Å². The van der Waals surface area contributed by atoms with Crippen molar-refractivity contribution in [1.82, 2.24) is 15.1 Å². The van der Waals surface area contributed by atoms with Crippen LogP contribution < -0.4 is 20.1 Å². The monoisotopic (exact) mass is 428 g/mol. The highest BCUT2D eigenvalue weighted by Gasteiger charge is 2.37. The second-order valence-corrected chi connectivity index (χ2v) is 7.16. The maximum absolute atomic E-state index is 12.9. The van der Waals surface area contributed by atoms with E-state index >= 15 is 0 Å². The molecule has 2 aromatic rings. The Bertz CT molecular complexity index is 866. The number of methoxy groups -OCH3 is 2. The Balaban J connectivity index is 1.51. The molecule has 29 heavy (non-hydrogen) atoms. The van der Waals surface area contributed by atoms with E-state index < -0.39 is 11.9 Å². The van der Waals surface area contributed by atoms with E-state index in [1.54, 1.807) is 32.4 Å². The number of hydrogen-bond donors (Lipinski definition) is 2. The van der Waals surface area contributed by atoms with Crippen molar-refractivity contribution in [3.63, 3.8) is 0 Å². The van der Waals surface area contributed by atoms with Gasteiger partial charge in [-0.1, -0.05) is 0 Å². The smallest absolute Gasteiger partial charge is 0.435 e. The van der Waals surface area contributed by atoms with Crippen molar-refractivity contribution < 1.29 is 22.6 Å². The van der Waals surface area contributed by atoms with Crippen molar-refractivity contribution in [3.8, 4) is 11.5 Å². The lowest BCUT2D eigenvalue weighted by atomic mass is 10.2. The minimum Gasteiger partial charge on any atom is -0.497 e. The Morgan fingerprint density at radius 3 is 2.62 bits per heavy atom. The summed E-state index contributed by atoms with van der Waals surface area (Å²) in [6.45, 7) is 0.888. The number of hydrogen-bond acceptors (Lipinski definition) is 4. The SMILES string of the molecule is COc1ccc(NC(=S)NCCCn2nc(C(F)(F)F)cc2C2CC2)c(OC)c1. The lowest BCUT2D eigenvalue weighted by molar-refractivity contribution is -0.141. The quantitative estimate of drug-likeness (QED) is 0.486. The molecule has 0 radical (unpaired) electrons. The summed E-state index contributed by atoms with van der Waals surface area (Å²) >= 11 is 5.28. The number of nitrogens with zero attached hydrogens (tertiary/aromatic N) is 2. The van der Waals surface area contributed by atoms with Gasteiger partial charge in [-0.05, 0) is 49.7 Å². The van der Waals surface area contributed by atoms with E-state index in [1.165, 1.54) is 10.7 Å². The number of rotatable bonds is 8. The fraction of sp³-hybridized carbons (Fsp3) is 0.474. The predicted octanol–water partition coefficient (Wildman–Crippen LogP) is 4.17. The standard InChI is InChI=1S/C19H23F3N4O2S/c1-27-13-6-7-14(16(10-13)28-2)24-18(29)23-8-3-9-26-15(12-4-5-12)11-17(25-26)19(20,21)22/h6-7,10-12H,3-5,8-9H2,1-2H3,(H2,23,24,29). The maximum Gasteiger partial charge on any atom is 0.435 e. The molecule has 2 N–H and O–H groups in total.